The van der Waals surface area contributed by atoms with Gasteiger partial charge in [-0.05, 0) is 30.2 Å². The Kier molecular flexibility index (Phi) is 5.16. The van der Waals surface area contributed by atoms with Gasteiger partial charge in [0.05, 0.1) is 17.5 Å². The molecule has 0 fully saturated rings. The van der Waals surface area contributed by atoms with Crippen molar-refractivity contribution in [1.82, 2.24) is 14.9 Å². The molecule has 0 spiro atoms. The third-order valence-corrected chi connectivity index (χ3v) is 4.46. The number of halogens is 1. The van der Waals surface area contributed by atoms with Crippen molar-refractivity contribution in [3.05, 3.63) is 64.9 Å². The summed E-state index contributed by atoms with van der Waals surface area (Å²) in [4.78, 5) is 16.6. The number of rotatable bonds is 6. The van der Waals surface area contributed by atoms with E-state index in [-0.39, 0.29) is 5.91 Å². The largest absolute Gasteiger partial charge is 0.356 e. The maximum Gasteiger partial charge on any atom is 0.224 e. The van der Waals surface area contributed by atoms with E-state index in [1.54, 1.807) is 6.07 Å². The van der Waals surface area contributed by atoms with Crippen LogP contribution in [-0.2, 0) is 24.7 Å². The van der Waals surface area contributed by atoms with Crippen LogP contribution in [0, 0.1) is 0 Å². The molecule has 0 aliphatic rings. The van der Waals surface area contributed by atoms with Gasteiger partial charge in [0.2, 0.25) is 5.91 Å². The second-order valence-electron chi connectivity index (χ2n) is 5.80. The first kappa shape index (κ1) is 16.5. The van der Waals surface area contributed by atoms with Gasteiger partial charge in [-0.15, -0.1) is 0 Å². The summed E-state index contributed by atoms with van der Waals surface area (Å²) < 4.78 is 2.11. The van der Waals surface area contributed by atoms with Crippen molar-refractivity contribution in [2.45, 2.75) is 19.3 Å². The average molecular weight is 342 g/mol. The van der Waals surface area contributed by atoms with Crippen molar-refractivity contribution in [2.75, 3.05) is 6.54 Å². The standard InChI is InChI=1S/C19H20ClN3O/c1-23-17-10-5-4-9-16(17)22-18(23)11-6-12-21-19(24)13-14-7-2-3-8-15(14)20/h2-5,7-10H,6,11-13H2,1H3,(H,21,24). The molecule has 2 aromatic carbocycles. The molecule has 3 rings (SSSR count). The highest BCUT2D eigenvalue weighted by Gasteiger charge is 2.08. The van der Waals surface area contributed by atoms with E-state index in [9.17, 15) is 4.79 Å². The lowest BCUT2D eigenvalue weighted by Crippen LogP contribution is -2.26. The number of nitrogens with zero attached hydrogens (tertiary/aromatic N) is 2. The number of imidazole rings is 1. The van der Waals surface area contributed by atoms with E-state index in [2.05, 4.69) is 20.9 Å². The molecule has 1 heterocycles. The Hall–Kier alpha value is -2.33. The van der Waals surface area contributed by atoms with E-state index in [0.717, 1.165) is 35.3 Å². The Morgan fingerprint density at radius 1 is 1.17 bits per heavy atom. The number of hydrogen-bond donors (Lipinski definition) is 1. The number of fused-ring (bicyclic) bond motifs is 1. The average Bonchev–Trinajstić information content (AvgIpc) is 2.90. The maximum absolute atomic E-state index is 12.0. The van der Waals surface area contributed by atoms with Crippen molar-refractivity contribution in [3.63, 3.8) is 0 Å². The molecule has 0 radical (unpaired) electrons. The van der Waals surface area contributed by atoms with Gasteiger partial charge in [-0.2, -0.15) is 0 Å². The van der Waals surface area contributed by atoms with Gasteiger partial charge in [-0.1, -0.05) is 41.9 Å². The minimum absolute atomic E-state index is 0.00639. The van der Waals surface area contributed by atoms with E-state index >= 15 is 0 Å². The highest BCUT2D eigenvalue weighted by Crippen LogP contribution is 2.16. The molecule has 1 N–H and O–H groups in total. The Morgan fingerprint density at radius 2 is 1.92 bits per heavy atom. The van der Waals surface area contributed by atoms with Crippen LogP contribution in [0.5, 0.6) is 0 Å². The van der Waals surface area contributed by atoms with Crippen LogP contribution in [0.25, 0.3) is 11.0 Å². The van der Waals surface area contributed by atoms with Crippen molar-refractivity contribution in [3.8, 4) is 0 Å². The molecular formula is C19H20ClN3O. The van der Waals surface area contributed by atoms with Crippen LogP contribution < -0.4 is 5.32 Å². The third-order valence-electron chi connectivity index (χ3n) is 4.09. The molecule has 0 aliphatic heterocycles. The van der Waals surface area contributed by atoms with Gasteiger partial charge in [0, 0.05) is 25.0 Å². The summed E-state index contributed by atoms with van der Waals surface area (Å²) in [5, 5.41) is 3.58. The summed E-state index contributed by atoms with van der Waals surface area (Å²) in [6, 6.07) is 15.5. The topological polar surface area (TPSA) is 46.9 Å². The Balaban J connectivity index is 1.49. The SMILES string of the molecule is Cn1c(CCCNC(=O)Cc2ccccc2Cl)nc2ccccc21. The second kappa shape index (κ2) is 7.49. The first-order valence-corrected chi connectivity index (χ1v) is 8.43. The van der Waals surface area contributed by atoms with Gasteiger partial charge >= 0.3 is 0 Å². The summed E-state index contributed by atoms with van der Waals surface area (Å²) in [7, 11) is 2.03. The van der Waals surface area contributed by atoms with Crippen LogP contribution >= 0.6 is 11.6 Å². The number of hydrogen-bond acceptors (Lipinski definition) is 2. The van der Waals surface area contributed by atoms with Crippen molar-refractivity contribution in [2.24, 2.45) is 7.05 Å². The molecule has 0 bridgehead atoms. The zero-order chi connectivity index (χ0) is 16.9. The molecule has 1 aromatic heterocycles. The molecule has 24 heavy (non-hydrogen) atoms. The molecule has 0 unspecified atom stereocenters. The summed E-state index contributed by atoms with van der Waals surface area (Å²) in [6.07, 6.45) is 1.99. The molecule has 0 saturated heterocycles. The predicted octanol–water partition coefficient (Wildman–Crippen LogP) is 3.52. The fourth-order valence-electron chi connectivity index (χ4n) is 2.77. The van der Waals surface area contributed by atoms with Gasteiger partial charge in [-0.3, -0.25) is 4.79 Å². The lowest BCUT2D eigenvalue weighted by atomic mass is 10.1. The Morgan fingerprint density at radius 3 is 2.71 bits per heavy atom. The number of carbonyl (C=O) groups excluding carboxylic acids is 1. The zero-order valence-electron chi connectivity index (χ0n) is 13.6. The van der Waals surface area contributed by atoms with E-state index in [1.807, 2.05) is 43.4 Å². The number of carbonyl (C=O) groups is 1. The summed E-state index contributed by atoms with van der Waals surface area (Å²) >= 11 is 6.07. The lowest BCUT2D eigenvalue weighted by Gasteiger charge is -2.07. The van der Waals surface area contributed by atoms with Crippen LogP contribution in [0.1, 0.15) is 17.8 Å². The number of benzene rings is 2. The van der Waals surface area contributed by atoms with Crippen LogP contribution in [0.4, 0.5) is 0 Å². The minimum Gasteiger partial charge on any atom is -0.356 e. The highest BCUT2D eigenvalue weighted by molar-refractivity contribution is 6.31. The zero-order valence-corrected chi connectivity index (χ0v) is 14.4. The molecule has 5 heteroatoms. The van der Waals surface area contributed by atoms with E-state index in [0.29, 0.717) is 18.0 Å². The summed E-state index contributed by atoms with van der Waals surface area (Å²) in [6.45, 7) is 0.631. The lowest BCUT2D eigenvalue weighted by molar-refractivity contribution is -0.120. The van der Waals surface area contributed by atoms with Gasteiger partial charge < -0.3 is 9.88 Å². The predicted molar refractivity (Wildman–Crippen MR) is 97.2 cm³/mol. The van der Waals surface area contributed by atoms with Crippen LogP contribution in [0.3, 0.4) is 0 Å². The van der Waals surface area contributed by atoms with E-state index in [4.69, 9.17) is 11.6 Å². The van der Waals surface area contributed by atoms with Crippen molar-refractivity contribution >= 4 is 28.5 Å². The second-order valence-corrected chi connectivity index (χ2v) is 6.20. The molecule has 0 aliphatic carbocycles. The first-order chi connectivity index (χ1) is 11.6. The van der Waals surface area contributed by atoms with Gasteiger partial charge in [0.1, 0.15) is 5.82 Å². The highest BCUT2D eigenvalue weighted by atomic mass is 35.5. The molecule has 4 nitrogen and oxygen atoms in total. The fourth-order valence-corrected chi connectivity index (χ4v) is 2.97. The fraction of sp³-hybridized carbons (Fsp3) is 0.263. The minimum atomic E-state index is -0.00639. The van der Waals surface area contributed by atoms with Crippen LogP contribution in [0.15, 0.2) is 48.5 Å². The number of aryl methyl sites for hydroxylation is 2. The summed E-state index contributed by atoms with van der Waals surface area (Å²) in [5.41, 5.74) is 3.00. The third kappa shape index (κ3) is 3.77. The molecule has 0 atom stereocenters. The van der Waals surface area contributed by atoms with Gasteiger partial charge in [-0.25, -0.2) is 4.98 Å². The van der Waals surface area contributed by atoms with Gasteiger partial charge in [0.15, 0.2) is 0 Å². The smallest absolute Gasteiger partial charge is 0.224 e. The first-order valence-electron chi connectivity index (χ1n) is 8.05. The molecule has 1 amide bonds. The van der Waals surface area contributed by atoms with Crippen LogP contribution in [-0.4, -0.2) is 22.0 Å². The number of nitrogens with one attached hydrogen (secondary N) is 1. The number of para-hydroxylation sites is 2. The Bertz CT molecular complexity index is 857. The Labute approximate surface area is 146 Å². The molecule has 124 valence electrons. The monoisotopic (exact) mass is 341 g/mol. The van der Waals surface area contributed by atoms with Crippen molar-refractivity contribution in [1.29, 1.82) is 0 Å². The van der Waals surface area contributed by atoms with Crippen molar-refractivity contribution < 1.29 is 4.79 Å². The normalized spacial score (nSPS) is 10.9. The van der Waals surface area contributed by atoms with E-state index in [1.165, 1.54) is 0 Å². The molecule has 0 saturated carbocycles. The van der Waals surface area contributed by atoms with Gasteiger partial charge in [0.25, 0.3) is 0 Å². The number of amides is 1. The molecule has 3 aromatic rings. The van der Waals surface area contributed by atoms with E-state index < -0.39 is 0 Å². The molecular weight excluding hydrogens is 322 g/mol. The van der Waals surface area contributed by atoms with Crippen LogP contribution in [0.2, 0.25) is 5.02 Å². The quantitative estimate of drug-likeness (QED) is 0.697. The number of aromatic nitrogens is 2. The summed E-state index contributed by atoms with van der Waals surface area (Å²) in [5.74, 6) is 1.03. The maximum atomic E-state index is 12.0.